The fraction of sp³-hybridized carbons (Fsp3) is 0.348. The predicted molar refractivity (Wildman–Crippen MR) is 110 cm³/mol. The first-order valence-corrected chi connectivity index (χ1v) is 10.0. The molecule has 2 aromatic carbocycles. The minimum atomic E-state index is -3.13. The summed E-state index contributed by atoms with van der Waals surface area (Å²) in [6.45, 7) is 0.942. The summed E-state index contributed by atoms with van der Waals surface area (Å²) in [5.74, 6) is -4.30. The van der Waals surface area contributed by atoms with E-state index in [4.69, 9.17) is 21.4 Å². The molecule has 0 fully saturated rings. The second kappa shape index (κ2) is 9.13. The topological polar surface area (TPSA) is 46.5 Å². The number of allylic oxidation sites excluding steroid dienone is 1. The Balaban J connectivity index is 1.81. The van der Waals surface area contributed by atoms with Gasteiger partial charge in [-0.05, 0) is 66.7 Å². The van der Waals surface area contributed by atoms with Gasteiger partial charge in [0.1, 0.15) is 18.2 Å². The number of aliphatic carboxylic acids is 1. The number of hydrogen-bond donors (Lipinski definition) is 1. The van der Waals surface area contributed by atoms with E-state index in [1.807, 2.05) is 0 Å². The molecule has 7 heteroatoms. The van der Waals surface area contributed by atoms with Gasteiger partial charge in [-0.15, -0.1) is 0 Å². The van der Waals surface area contributed by atoms with Gasteiger partial charge >= 0.3 is 5.97 Å². The van der Waals surface area contributed by atoms with Gasteiger partial charge in [0.15, 0.2) is 0 Å². The second-order valence-electron chi connectivity index (χ2n) is 7.45. The number of hydrogen-bond acceptors (Lipinski definition) is 2. The van der Waals surface area contributed by atoms with Gasteiger partial charge in [0.25, 0.3) is 5.92 Å². The van der Waals surface area contributed by atoms with Crippen molar-refractivity contribution in [1.29, 1.82) is 0 Å². The summed E-state index contributed by atoms with van der Waals surface area (Å²) in [4.78, 5) is 10.8. The van der Waals surface area contributed by atoms with Crippen molar-refractivity contribution in [1.82, 2.24) is 0 Å². The minimum Gasteiger partial charge on any atom is -0.489 e. The molecule has 0 aliphatic heterocycles. The fourth-order valence-electron chi connectivity index (χ4n) is 3.71. The molecule has 0 saturated carbocycles. The molecule has 1 aliphatic carbocycles. The van der Waals surface area contributed by atoms with Gasteiger partial charge in [-0.3, -0.25) is 4.79 Å². The summed E-state index contributed by atoms with van der Waals surface area (Å²) >= 11 is 5.83. The number of alkyl halides is 2. The van der Waals surface area contributed by atoms with Gasteiger partial charge in [0.2, 0.25) is 0 Å². The molecule has 1 N–H and O–H groups in total. The normalized spacial score (nSPS) is 14.3. The summed E-state index contributed by atoms with van der Waals surface area (Å²) in [6, 6.07) is 8.85. The highest BCUT2D eigenvalue weighted by Crippen LogP contribution is 2.37. The molecule has 0 radical (unpaired) electrons. The Labute approximate surface area is 178 Å². The maximum Gasteiger partial charge on any atom is 0.303 e. The lowest BCUT2D eigenvalue weighted by Gasteiger charge is -2.18. The third-order valence-electron chi connectivity index (χ3n) is 5.16. The van der Waals surface area contributed by atoms with Gasteiger partial charge in [-0.1, -0.05) is 23.7 Å². The molecule has 0 unspecified atom stereocenters. The van der Waals surface area contributed by atoms with Crippen LogP contribution in [-0.4, -0.2) is 17.7 Å². The molecule has 160 valence electrons. The van der Waals surface area contributed by atoms with E-state index < -0.39 is 17.7 Å². The van der Waals surface area contributed by atoms with Crippen LogP contribution in [0.3, 0.4) is 0 Å². The molecule has 0 aromatic heterocycles. The van der Waals surface area contributed by atoms with Crippen molar-refractivity contribution in [2.24, 2.45) is 0 Å². The largest absolute Gasteiger partial charge is 0.489 e. The molecule has 3 rings (SSSR count). The third kappa shape index (κ3) is 5.36. The number of benzene rings is 2. The zero-order chi connectivity index (χ0) is 21.9. The molecule has 0 atom stereocenters. The first-order chi connectivity index (χ1) is 14.1. The maximum absolute atomic E-state index is 14.3. The van der Waals surface area contributed by atoms with E-state index in [1.54, 1.807) is 18.2 Å². The highest BCUT2D eigenvalue weighted by atomic mass is 35.5. The van der Waals surface area contributed by atoms with E-state index in [0.717, 1.165) is 30.9 Å². The van der Waals surface area contributed by atoms with Gasteiger partial charge in [0, 0.05) is 29.5 Å². The van der Waals surface area contributed by atoms with Crippen molar-refractivity contribution >= 4 is 23.1 Å². The lowest BCUT2D eigenvalue weighted by atomic mass is 9.98. The van der Waals surface area contributed by atoms with Gasteiger partial charge in [-0.25, -0.2) is 13.2 Å². The molecular formula is C23H22ClF3O3. The summed E-state index contributed by atoms with van der Waals surface area (Å²) < 4.78 is 48.2. The predicted octanol–water partition coefficient (Wildman–Crippen LogP) is 6.62. The smallest absolute Gasteiger partial charge is 0.303 e. The number of ether oxygens (including phenoxy) is 1. The molecule has 0 spiro atoms. The van der Waals surface area contributed by atoms with Gasteiger partial charge in [-0.2, -0.15) is 0 Å². The van der Waals surface area contributed by atoms with E-state index in [9.17, 15) is 18.0 Å². The summed E-state index contributed by atoms with van der Waals surface area (Å²) in [5.41, 5.74) is 2.31. The molecule has 1 aliphatic rings. The average molecular weight is 439 g/mol. The van der Waals surface area contributed by atoms with Crippen LogP contribution in [0.2, 0.25) is 5.02 Å². The van der Waals surface area contributed by atoms with Crippen molar-refractivity contribution in [3.8, 4) is 5.75 Å². The Morgan fingerprint density at radius 3 is 2.63 bits per heavy atom. The molecule has 0 amide bonds. The summed E-state index contributed by atoms with van der Waals surface area (Å²) in [5, 5.41) is 9.15. The van der Waals surface area contributed by atoms with Crippen LogP contribution < -0.4 is 4.74 Å². The lowest BCUT2D eigenvalue weighted by Crippen LogP contribution is -2.13. The number of carbonyl (C=O) groups is 1. The van der Waals surface area contributed by atoms with Crippen LogP contribution in [-0.2, 0) is 17.1 Å². The van der Waals surface area contributed by atoms with Gasteiger partial charge < -0.3 is 9.84 Å². The number of aryl methyl sites for hydroxylation is 1. The molecule has 30 heavy (non-hydrogen) atoms. The van der Waals surface area contributed by atoms with Crippen LogP contribution in [0.25, 0.3) is 5.57 Å². The molecular weight excluding hydrogens is 417 g/mol. The van der Waals surface area contributed by atoms with Crippen LogP contribution in [0.15, 0.2) is 42.0 Å². The Bertz CT molecular complexity index is 980. The van der Waals surface area contributed by atoms with Crippen LogP contribution >= 0.6 is 11.6 Å². The highest BCUT2D eigenvalue weighted by molar-refractivity contribution is 6.30. The molecule has 2 aromatic rings. The van der Waals surface area contributed by atoms with Crippen LogP contribution in [0.1, 0.15) is 49.3 Å². The van der Waals surface area contributed by atoms with Crippen molar-refractivity contribution < 1.29 is 27.8 Å². The van der Waals surface area contributed by atoms with E-state index in [-0.39, 0.29) is 36.3 Å². The Morgan fingerprint density at radius 2 is 1.97 bits per heavy atom. The van der Waals surface area contributed by atoms with E-state index >= 15 is 0 Å². The van der Waals surface area contributed by atoms with Crippen molar-refractivity contribution in [3.05, 3.63) is 69.5 Å². The SMILES string of the molecule is CC(F)(F)c1cc(OCC2=C(c3ccc(Cl)cc3F)CCC2)ccc1CCC(=O)O. The first-order valence-electron chi connectivity index (χ1n) is 9.67. The van der Waals surface area contributed by atoms with Crippen molar-refractivity contribution in [2.45, 2.75) is 45.0 Å². The van der Waals surface area contributed by atoms with E-state index in [2.05, 4.69) is 0 Å². The second-order valence-corrected chi connectivity index (χ2v) is 7.89. The molecule has 0 bridgehead atoms. The Hall–Kier alpha value is -2.47. The van der Waals surface area contributed by atoms with Crippen molar-refractivity contribution in [2.75, 3.05) is 6.61 Å². The lowest BCUT2D eigenvalue weighted by molar-refractivity contribution is -0.137. The highest BCUT2D eigenvalue weighted by Gasteiger charge is 2.28. The fourth-order valence-corrected chi connectivity index (χ4v) is 3.87. The zero-order valence-electron chi connectivity index (χ0n) is 16.5. The van der Waals surface area contributed by atoms with E-state index in [1.165, 1.54) is 18.2 Å². The summed E-state index contributed by atoms with van der Waals surface area (Å²) in [7, 11) is 0. The first kappa shape index (κ1) is 22.2. The average Bonchev–Trinajstić information content (AvgIpc) is 3.12. The van der Waals surface area contributed by atoms with Crippen LogP contribution in [0.4, 0.5) is 13.2 Å². The summed E-state index contributed by atoms with van der Waals surface area (Å²) in [6.07, 6.45) is 2.10. The zero-order valence-corrected chi connectivity index (χ0v) is 17.2. The maximum atomic E-state index is 14.3. The molecule has 0 heterocycles. The third-order valence-corrected chi connectivity index (χ3v) is 5.40. The van der Waals surface area contributed by atoms with E-state index in [0.29, 0.717) is 17.0 Å². The molecule has 0 saturated heterocycles. The van der Waals surface area contributed by atoms with Gasteiger partial charge in [0.05, 0.1) is 0 Å². The Morgan fingerprint density at radius 1 is 1.20 bits per heavy atom. The number of rotatable bonds is 8. The van der Waals surface area contributed by atoms with Crippen molar-refractivity contribution in [3.63, 3.8) is 0 Å². The van der Waals surface area contributed by atoms with Crippen LogP contribution in [0.5, 0.6) is 5.75 Å². The molecule has 3 nitrogen and oxygen atoms in total. The number of halogens is 4. The van der Waals surface area contributed by atoms with Crippen LogP contribution in [0, 0.1) is 5.82 Å². The minimum absolute atomic E-state index is 0.0134. The Kier molecular flexibility index (Phi) is 6.76. The number of carboxylic acid groups (broad SMARTS) is 1. The standard InChI is InChI=1S/C23H22ClF3O3/c1-23(26,27)20-12-17(8-5-14(20)6-10-22(28)29)30-13-15-3-2-4-18(15)19-9-7-16(24)11-21(19)25/h5,7-9,11-12H,2-4,6,10,13H2,1H3,(H,28,29). The number of carboxylic acids is 1. The monoisotopic (exact) mass is 438 g/mol. The quantitative estimate of drug-likeness (QED) is 0.503.